The van der Waals surface area contributed by atoms with Crippen molar-refractivity contribution in [3.8, 4) is 0 Å². The van der Waals surface area contributed by atoms with Crippen LogP contribution in [-0.2, 0) is 14.6 Å². The Morgan fingerprint density at radius 2 is 1.93 bits per heavy atom. The molecule has 0 heterocycles. The highest BCUT2D eigenvalue weighted by Gasteiger charge is 2.14. The van der Waals surface area contributed by atoms with Gasteiger partial charge in [0.15, 0.2) is 0 Å². The first kappa shape index (κ1) is 12.9. The van der Waals surface area contributed by atoms with Crippen LogP contribution in [-0.4, -0.2) is 46.2 Å². The second-order valence-electron chi connectivity index (χ2n) is 4.16. The summed E-state index contributed by atoms with van der Waals surface area (Å²) in [5.74, 6) is 0.205. The Labute approximate surface area is 92.3 Å². The van der Waals surface area contributed by atoms with Gasteiger partial charge in [0.25, 0.3) is 0 Å². The van der Waals surface area contributed by atoms with Gasteiger partial charge in [-0.05, 0) is 12.8 Å². The van der Waals surface area contributed by atoms with E-state index in [1.54, 1.807) is 0 Å². The summed E-state index contributed by atoms with van der Waals surface area (Å²) in [6, 6.07) is 0. The highest BCUT2D eigenvalue weighted by atomic mass is 32.2. The van der Waals surface area contributed by atoms with Crippen molar-refractivity contribution in [1.29, 1.82) is 0 Å². The lowest BCUT2D eigenvalue weighted by Gasteiger charge is -2.11. The molecule has 1 rings (SSSR count). The number of rotatable bonds is 7. The molecule has 0 amide bonds. The molecule has 4 nitrogen and oxygen atoms in total. The summed E-state index contributed by atoms with van der Waals surface area (Å²) in [6.07, 6.45) is 6.64. The molecule has 0 saturated heterocycles. The summed E-state index contributed by atoms with van der Waals surface area (Å²) in [6.45, 7) is 1.95. The van der Waals surface area contributed by atoms with Gasteiger partial charge in [0.2, 0.25) is 0 Å². The van der Waals surface area contributed by atoms with Crippen LogP contribution < -0.4 is 5.32 Å². The number of hydrogen-bond donors (Lipinski definition) is 1. The molecule has 0 aliphatic heterocycles. The van der Waals surface area contributed by atoms with Gasteiger partial charge in [0.1, 0.15) is 9.84 Å². The predicted octanol–water partition coefficient (Wildman–Crippen LogP) is 0.580. The largest absolute Gasteiger partial charge is 0.377 e. The summed E-state index contributed by atoms with van der Waals surface area (Å²) < 4.78 is 27.2. The summed E-state index contributed by atoms with van der Waals surface area (Å²) in [5.41, 5.74) is 0. The number of hydrogen-bond acceptors (Lipinski definition) is 4. The number of ether oxygens (including phenoxy) is 1. The average Bonchev–Trinajstić information content (AvgIpc) is 2.61. The molecule has 15 heavy (non-hydrogen) atoms. The SMILES string of the molecule is CS(=O)(=O)CCNCCOC1CCCC1. The molecule has 0 aromatic carbocycles. The van der Waals surface area contributed by atoms with E-state index in [0.29, 0.717) is 19.3 Å². The van der Waals surface area contributed by atoms with E-state index in [1.807, 2.05) is 0 Å². The lowest BCUT2D eigenvalue weighted by Crippen LogP contribution is -2.27. The van der Waals surface area contributed by atoms with Crippen LogP contribution in [0.4, 0.5) is 0 Å². The van der Waals surface area contributed by atoms with Crippen LogP contribution in [0.5, 0.6) is 0 Å². The molecule has 0 atom stereocenters. The van der Waals surface area contributed by atoms with Crippen LogP contribution in [0, 0.1) is 0 Å². The molecule has 0 unspecified atom stereocenters. The zero-order valence-electron chi connectivity index (χ0n) is 9.37. The first-order chi connectivity index (χ1) is 7.08. The number of nitrogens with one attached hydrogen (secondary N) is 1. The topological polar surface area (TPSA) is 55.4 Å². The van der Waals surface area contributed by atoms with Crippen molar-refractivity contribution in [2.75, 3.05) is 31.7 Å². The van der Waals surface area contributed by atoms with Crippen molar-refractivity contribution in [3.63, 3.8) is 0 Å². The fourth-order valence-corrected chi connectivity index (χ4v) is 2.25. The molecule has 5 heteroatoms. The quantitative estimate of drug-likeness (QED) is 0.656. The maximum atomic E-state index is 10.8. The molecule has 90 valence electrons. The third-order valence-corrected chi connectivity index (χ3v) is 3.53. The highest BCUT2D eigenvalue weighted by molar-refractivity contribution is 7.90. The van der Waals surface area contributed by atoms with Crippen LogP contribution in [0.15, 0.2) is 0 Å². The second kappa shape index (κ2) is 6.45. The fourth-order valence-electron chi connectivity index (χ4n) is 1.74. The Hall–Kier alpha value is -0.130. The maximum absolute atomic E-state index is 10.8. The average molecular weight is 235 g/mol. The van der Waals surface area contributed by atoms with Gasteiger partial charge in [-0.15, -0.1) is 0 Å². The van der Waals surface area contributed by atoms with E-state index in [1.165, 1.54) is 31.9 Å². The third kappa shape index (κ3) is 6.87. The molecule has 1 aliphatic carbocycles. The lowest BCUT2D eigenvalue weighted by molar-refractivity contribution is 0.0606. The third-order valence-electron chi connectivity index (χ3n) is 2.58. The molecule has 0 bridgehead atoms. The minimum atomic E-state index is -2.83. The molecule has 0 radical (unpaired) electrons. The first-order valence-corrected chi connectivity index (χ1v) is 7.64. The summed E-state index contributed by atoms with van der Waals surface area (Å²) in [7, 11) is -2.83. The van der Waals surface area contributed by atoms with Crippen molar-refractivity contribution in [3.05, 3.63) is 0 Å². The van der Waals surface area contributed by atoms with Crippen LogP contribution in [0.3, 0.4) is 0 Å². The minimum absolute atomic E-state index is 0.205. The van der Waals surface area contributed by atoms with E-state index in [0.717, 1.165) is 6.54 Å². The molecule has 1 saturated carbocycles. The van der Waals surface area contributed by atoms with Gasteiger partial charge in [0.05, 0.1) is 18.5 Å². The van der Waals surface area contributed by atoms with Crippen molar-refractivity contribution >= 4 is 9.84 Å². The zero-order valence-corrected chi connectivity index (χ0v) is 10.2. The highest BCUT2D eigenvalue weighted by Crippen LogP contribution is 2.20. The van der Waals surface area contributed by atoms with Gasteiger partial charge >= 0.3 is 0 Å². The molecule has 0 spiro atoms. The Morgan fingerprint density at radius 1 is 1.27 bits per heavy atom. The fraction of sp³-hybridized carbons (Fsp3) is 1.00. The van der Waals surface area contributed by atoms with Crippen LogP contribution in [0.25, 0.3) is 0 Å². The smallest absolute Gasteiger partial charge is 0.148 e. The second-order valence-corrected chi connectivity index (χ2v) is 6.42. The Kier molecular flexibility index (Phi) is 5.56. The van der Waals surface area contributed by atoms with E-state index in [-0.39, 0.29) is 5.75 Å². The summed E-state index contributed by atoms with van der Waals surface area (Å²) in [4.78, 5) is 0. The van der Waals surface area contributed by atoms with Crippen LogP contribution >= 0.6 is 0 Å². The Balaban J connectivity index is 1.89. The normalized spacial score (nSPS) is 18.5. The van der Waals surface area contributed by atoms with Crippen LogP contribution in [0.2, 0.25) is 0 Å². The van der Waals surface area contributed by atoms with Gasteiger partial charge in [-0.2, -0.15) is 0 Å². The lowest BCUT2D eigenvalue weighted by atomic mass is 10.3. The molecule has 1 aliphatic rings. The summed E-state index contributed by atoms with van der Waals surface area (Å²) >= 11 is 0. The predicted molar refractivity (Wildman–Crippen MR) is 60.8 cm³/mol. The van der Waals surface area contributed by atoms with Gasteiger partial charge in [0, 0.05) is 19.3 Å². The maximum Gasteiger partial charge on any atom is 0.148 e. The minimum Gasteiger partial charge on any atom is -0.377 e. The zero-order chi connectivity index (χ0) is 11.1. The molecular weight excluding hydrogens is 214 g/mol. The van der Waals surface area contributed by atoms with E-state index in [9.17, 15) is 8.42 Å². The molecule has 1 N–H and O–H groups in total. The van der Waals surface area contributed by atoms with E-state index < -0.39 is 9.84 Å². The summed E-state index contributed by atoms with van der Waals surface area (Å²) in [5, 5.41) is 3.06. The van der Waals surface area contributed by atoms with Crippen molar-refractivity contribution in [2.24, 2.45) is 0 Å². The molecule has 1 fully saturated rings. The van der Waals surface area contributed by atoms with Crippen molar-refractivity contribution in [1.82, 2.24) is 5.32 Å². The molecule has 0 aromatic heterocycles. The Bertz CT molecular complexity index is 258. The molecular formula is C10H21NO3S. The Morgan fingerprint density at radius 3 is 2.53 bits per heavy atom. The van der Waals surface area contributed by atoms with Gasteiger partial charge in [-0.1, -0.05) is 12.8 Å². The molecule has 0 aromatic rings. The van der Waals surface area contributed by atoms with Gasteiger partial charge in [-0.25, -0.2) is 8.42 Å². The van der Waals surface area contributed by atoms with Gasteiger partial charge < -0.3 is 10.1 Å². The van der Waals surface area contributed by atoms with Crippen molar-refractivity contribution in [2.45, 2.75) is 31.8 Å². The van der Waals surface area contributed by atoms with E-state index in [4.69, 9.17) is 4.74 Å². The van der Waals surface area contributed by atoms with E-state index in [2.05, 4.69) is 5.32 Å². The standard InChI is InChI=1S/C10H21NO3S/c1-15(12,13)9-7-11-6-8-14-10-4-2-3-5-10/h10-11H,2-9H2,1H3. The monoisotopic (exact) mass is 235 g/mol. The van der Waals surface area contributed by atoms with E-state index >= 15 is 0 Å². The number of sulfone groups is 1. The van der Waals surface area contributed by atoms with Gasteiger partial charge in [-0.3, -0.25) is 0 Å². The van der Waals surface area contributed by atoms with Crippen molar-refractivity contribution < 1.29 is 13.2 Å². The first-order valence-electron chi connectivity index (χ1n) is 5.58. The van der Waals surface area contributed by atoms with Crippen LogP contribution in [0.1, 0.15) is 25.7 Å².